The summed E-state index contributed by atoms with van der Waals surface area (Å²) in [5.74, 6) is 2.07. The van der Waals surface area contributed by atoms with Crippen LogP contribution in [0.4, 0.5) is 0 Å². The molecule has 1 N–H and O–H groups in total. The number of rotatable bonds is 3. The third kappa shape index (κ3) is 3.24. The average molecular weight is 289 g/mol. The Hall–Kier alpha value is -1.06. The van der Waals surface area contributed by atoms with Crippen LogP contribution in [0.25, 0.3) is 0 Å². The summed E-state index contributed by atoms with van der Waals surface area (Å²) in [4.78, 5) is 2.55. The summed E-state index contributed by atoms with van der Waals surface area (Å²) in [5.41, 5.74) is 2.36. The SMILES string of the molecule is COc1ccc2c(c1)CC[C@H](CN1CCCC(C)C1)[C@@H]2O. The number of aryl methyl sites for hydroxylation is 1. The quantitative estimate of drug-likeness (QED) is 0.928. The molecule has 3 rings (SSSR count). The molecule has 21 heavy (non-hydrogen) atoms. The highest BCUT2D eigenvalue weighted by Crippen LogP contribution is 2.37. The van der Waals surface area contributed by atoms with Gasteiger partial charge >= 0.3 is 0 Å². The Bertz CT molecular complexity index is 488. The molecule has 116 valence electrons. The minimum Gasteiger partial charge on any atom is -0.497 e. The summed E-state index contributed by atoms with van der Waals surface area (Å²) >= 11 is 0. The minimum absolute atomic E-state index is 0.322. The van der Waals surface area contributed by atoms with Crippen LogP contribution in [-0.2, 0) is 6.42 Å². The Morgan fingerprint density at radius 2 is 2.19 bits per heavy atom. The number of fused-ring (bicyclic) bond motifs is 1. The van der Waals surface area contributed by atoms with Gasteiger partial charge < -0.3 is 14.7 Å². The number of aliphatic hydroxyl groups is 1. The largest absolute Gasteiger partial charge is 0.497 e. The molecule has 1 aliphatic heterocycles. The summed E-state index contributed by atoms with van der Waals surface area (Å²) in [6.45, 7) is 5.77. The Labute approximate surface area is 127 Å². The van der Waals surface area contributed by atoms with E-state index in [-0.39, 0.29) is 6.10 Å². The van der Waals surface area contributed by atoms with Crippen molar-refractivity contribution in [1.29, 1.82) is 0 Å². The lowest BCUT2D eigenvalue weighted by molar-refractivity contribution is 0.0540. The highest BCUT2D eigenvalue weighted by molar-refractivity contribution is 5.38. The monoisotopic (exact) mass is 289 g/mol. The molecule has 2 aliphatic rings. The molecule has 1 fully saturated rings. The molecule has 0 spiro atoms. The van der Waals surface area contributed by atoms with Crippen molar-refractivity contribution in [2.75, 3.05) is 26.7 Å². The van der Waals surface area contributed by atoms with Crippen molar-refractivity contribution in [3.8, 4) is 5.75 Å². The number of nitrogens with zero attached hydrogens (tertiary/aromatic N) is 1. The van der Waals surface area contributed by atoms with E-state index in [9.17, 15) is 5.11 Å². The summed E-state index contributed by atoms with van der Waals surface area (Å²) in [7, 11) is 1.70. The fourth-order valence-electron chi connectivity index (χ4n) is 3.94. The van der Waals surface area contributed by atoms with Crippen LogP contribution in [0.1, 0.15) is 43.4 Å². The van der Waals surface area contributed by atoms with Gasteiger partial charge in [-0.25, -0.2) is 0 Å². The smallest absolute Gasteiger partial charge is 0.119 e. The summed E-state index contributed by atoms with van der Waals surface area (Å²) in [5, 5.41) is 10.7. The molecular formula is C18H27NO2. The zero-order valence-corrected chi connectivity index (χ0v) is 13.2. The van der Waals surface area contributed by atoms with Crippen LogP contribution in [0, 0.1) is 11.8 Å². The number of piperidine rings is 1. The van der Waals surface area contributed by atoms with Crippen molar-refractivity contribution in [3.05, 3.63) is 29.3 Å². The van der Waals surface area contributed by atoms with Gasteiger partial charge in [-0.3, -0.25) is 0 Å². The molecule has 0 amide bonds. The van der Waals surface area contributed by atoms with Crippen LogP contribution in [0.3, 0.4) is 0 Å². The number of aliphatic hydroxyl groups excluding tert-OH is 1. The fourth-order valence-corrected chi connectivity index (χ4v) is 3.94. The minimum atomic E-state index is -0.322. The van der Waals surface area contributed by atoms with Crippen molar-refractivity contribution in [3.63, 3.8) is 0 Å². The number of hydrogen-bond donors (Lipinski definition) is 1. The van der Waals surface area contributed by atoms with Crippen molar-refractivity contribution in [2.24, 2.45) is 11.8 Å². The Morgan fingerprint density at radius 1 is 1.33 bits per heavy atom. The summed E-state index contributed by atoms with van der Waals surface area (Å²) in [6.07, 6.45) is 4.46. The first-order valence-corrected chi connectivity index (χ1v) is 8.24. The lowest BCUT2D eigenvalue weighted by Crippen LogP contribution is -2.40. The first-order valence-electron chi connectivity index (χ1n) is 8.24. The number of ether oxygens (including phenoxy) is 1. The molecule has 0 bridgehead atoms. The van der Waals surface area contributed by atoms with Gasteiger partial charge in [-0.2, -0.15) is 0 Å². The first-order chi connectivity index (χ1) is 10.2. The van der Waals surface area contributed by atoms with Gasteiger partial charge in [0.1, 0.15) is 5.75 Å². The maximum atomic E-state index is 10.7. The topological polar surface area (TPSA) is 32.7 Å². The highest BCUT2D eigenvalue weighted by atomic mass is 16.5. The molecule has 3 atom stereocenters. The van der Waals surface area contributed by atoms with Gasteiger partial charge in [0, 0.05) is 19.0 Å². The van der Waals surface area contributed by atoms with Crippen LogP contribution in [0.2, 0.25) is 0 Å². The molecule has 3 nitrogen and oxygen atoms in total. The molecule has 0 radical (unpaired) electrons. The molecule has 1 aromatic carbocycles. The average Bonchev–Trinajstić information content (AvgIpc) is 2.50. The Kier molecular flexibility index (Phi) is 4.51. The second-order valence-corrected chi connectivity index (χ2v) is 6.82. The van der Waals surface area contributed by atoms with Gasteiger partial charge in [-0.1, -0.05) is 13.0 Å². The first kappa shape index (κ1) is 14.9. The third-order valence-electron chi connectivity index (χ3n) is 5.13. The molecule has 1 aromatic rings. The summed E-state index contributed by atoms with van der Waals surface area (Å²) < 4.78 is 5.29. The Morgan fingerprint density at radius 3 is 2.95 bits per heavy atom. The Balaban J connectivity index is 1.68. The fraction of sp³-hybridized carbons (Fsp3) is 0.667. The summed E-state index contributed by atoms with van der Waals surface area (Å²) in [6, 6.07) is 6.09. The second kappa shape index (κ2) is 6.37. The second-order valence-electron chi connectivity index (χ2n) is 6.82. The molecule has 1 saturated heterocycles. The van der Waals surface area contributed by atoms with Crippen molar-refractivity contribution < 1.29 is 9.84 Å². The molecular weight excluding hydrogens is 262 g/mol. The lowest BCUT2D eigenvalue weighted by Gasteiger charge is -2.37. The van der Waals surface area contributed by atoms with E-state index in [0.717, 1.165) is 36.6 Å². The number of benzene rings is 1. The van der Waals surface area contributed by atoms with E-state index in [0.29, 0.717) is 5.92 Å². The number of methoxy groups -OCH3 is 1. The lowest BCUT2D eigenvalue weighted by atomic mass is 9.80. The zero-order valence-electron chi connectivity index (χ0n) is 13.2. The normalized spacial score (nSPS) is 30.0. The van der Waals surface area contributed by atoms with Gasteiger partial charge in [0.25, 0.3) is 0 Å². The third-order valence-corrected chi connectivity index (χ3v) is 5.13. The predicted octanol–water partition coefficient (Wildman–Crippen LogP) is 3.02. The van der Waals surface area contributed by atoms with Crippen LogP contribution in [0.15, 0.2) is 18.2 Å². The predicted molar refractivity (Wildman–Crippen MR) is 84.6 cm³/mol. The maximum Gasteiger partial charge on any atom is 0.119 e. The van der Waals surface area contributed by atoms with Gasteiger partial charge in [0.2, 0.25) is 0 Å². The molecule has 0 aromatic heterocycles. The van der Waals surface area contributed by atoms with Crippen LogP contribution in [0.5, 0.6) is 5.75 Å². The molecule has 1 unspecified atom stereocenters. The zero-order chi connectivity index (χ0) is 14.8. The standard InChI is InChI=1S/C18H27NO2/c1-13-4-3-9-19(11-13)12-15-6-5-14-10-16(21-2)7-8-17(14)18(15)20/h7-8,10,13,15,18,20H,3-6,9,11-12H2,1-2H3/t13?,15-,18+/m1/s1. The van der Waals surface area contributed by atoms with Gasteiger partial charge in [-0.15, -0.1) is 0 Å². The van der Waals surface area contributed by atoms with Crippen molar-refractivity contribution in [2.45, 2.75) is 38.7 Å². The number of likely N-dealkylation sites (tertiary alicyclic amines) is 1. The highest BCUT2D eigenvalue weighted by Gasteiger charge is 2.30. The van der Waals surface area contributed by atoms with Gasteiger partial charge in [0.15, 0.2) is 0 Å². The van der Waals surface area contributed by atoms with Crippen molar-refractivity contribution in [1.82, 2.24) is 4.90 Å². The van der Waals surface area contributed by atoms with E-state index < -0.39 is 0 Å². The van der Waals surface area contributed by atoms with E-state index in [1.807, 2.05) is 12.1 Å². The molecule has 0 saturated carbocycles. The van der Waals surface area contributed by atoms with Crippen molar-refractivity contribution >= 4 is 0 Å². The van der Waals surface area contributed by atoms with Gasteiger partial charge in [-0.05, 0) is 61.4 Å². The van der Waals surface area contributed by atoms with Gasteiger partial charge in [0.05, 0.1) is 13.2 Å². The van der Waals surface area contributed by atoms with Crippen LogP contribution >= 0.6 is 0 Å². The van der Waals surface area contributed by atoms with E-state index in [2.05, 4.69) is 17.9 Å². The van der Waals surface area contributed by atoms with E-state index in [1.165, 1.54) is 31.5 Å². The number of hydrogen-bond acceptors (Lipinski definition) is 3. The molecule has 1 aliphatic carbocycles. The van der Waals surface area contributed by atoms with E-state index >= 15 is 0 Å². The van der Waals surface area contributed by atoms with Crippen LogP contribution < -0.4 is 4.74 Å². The van der Waals surface area contributed by atoms with E-state index in [1.54, 1.807) is 7.11 Å². The molecule has 1 heterocycles. The van der Waals surface area contributed by atoms with Crippen LogP contribution in [-0.4, -0.2) is 36.8 Å². The molecule has 3 heteroatoms. The van der Waals surface area contributed by atoms with E-state index in [4.69, 9.17) is 4.74 Å². The maximum absolute atomic E-state index is 10.7.